The van der Waals surface area contributed by atoms with E-state index in [0.717, 1.165) is 9.80 Å². The van der Waals surface area contributed by atoms with Crippen LogP contribution in [-0.4, -0.2) is 93.4 Å². The molecule has 0 amide bonds. The van der Waals surface area contributed by atoms with Crippen LogP contribution in [0.3, 0.4) is 0 Å². The van der Waals surface area contributed by atoms with Crippen molar-refractivity contribution in [2.45, 2.75) is 0 Å². The maximum atomic E-state index is 10.6. The zero-order chi connectivity index (χ0) is 15.7. The number of aliphatic carboxylic acids is 4. The van der Waals surface area contributed by atoms with Crippen LogP contribution < -0.4 is 90.4 Å². The van der Waals surface area contributed by atoms with Crippen molar-refractivity contribution in [2.75, 3.05) is 39.3 Å². The Hall–Kier alpha value is 0.296. The van der Waals surface area contributed by atoms with E-state index in [1.54, 1.807) is 0 Å². The Morgan fingerprint density at radius 2 is 0.750 bits per heavy atom. The molecule has 10 nitrogen and oxygen atoms in total. The molecule has 0 aromatic carbocycles. The van der Waals surface area contributed by atoms with Crippen LogP contribution in [0.1, 0.15) is 0 Å². The molecule has 0 saturated carbocycles. The first-order chi connectivity index (χ1) is 9.20. The van der Waals surface area contributed by atoms with Gasteiger partial charge in [-0.2, -0.15) is 0 Å². The minimum absolute atomic E-state index is 0. The fourth-order valence-corrected chi connectivity index (χ4v) is 1.48. The van der Waals surface area contributed by atoms with Gasteiger partial charge in [0, 0.05) is 13.1 Å². The van der Waals surface area contributed by atoms with Gasteiger partial charge in [-0.1, -0.05) is 0 Å². The summed E-state index contributed by atoms with van der Waals surface area (Å²) < 4.78 is 0. The van der Waals surface area contributed by atoms with Gasteiger partial charge < -0.3 is 29.8 Å². The SMILES string of the molecule is O=C(O)CN(CCN(CC(=O)O)CC(=O)O)CC(=O)O.[F-].[F-].[K+].[Na+]. The molecule has 0 atom stereocenters. The number of carboxylic acids is 4. The molecule has 0 aliphatic rings. The Balaban J connectivity index is -0.000000301. The van der Waals surface area contributed by atoms with Crippen LogP contribution >= 0.6 is 0 Å². The first kappa shape index (κ1) is 35.4. The van der Waals surface area contributed by atoms with E-state index >= 15 is 0 Å². The second kappa shape index (κ2) is 19.6. The second-order valence-corrected chi connectivity index (χ2v) is 4.00. The van der Waals surface area contributed by atoms with Gasteiger partial charge in [0.1, 0.15) is 0 Å². The van der Waals surface area contributed by atoms with Gasteiger partial charge in [0.2, 0.25) is 0 Å². The third kappa shape index (κ3) is 22.3. The van der Waals surface area contributed by atoms with Gasteiger partial charge in [-0.15, -0.1) is 0 Å². The summed E-state index contributed by atoms with van der Waals surface area (Å²) in [7, 11) is 0. The van der Waals surface area contributed by atoms with Gasteiger partial charge in [-0.05, 0) is 0 Å². The number of carboxylic acid groups (broad SMARTS) is 4. The summed E-state index contributed by atoms with van der Waals surface area (Å²) in [6.45, 7) is -2.25. The minimum atomic E-state index is -1.23. The summed E-state index contributed by atoms with van der Waals surface area (Å²) in [6, 6.07) is 0. The molecule has 0 unspecified atom stereocenters. The van der Waals surface area contributed by atoms with Crippen molar-refractivity contribution in [1.82, 2.24) is 9.80 Å². The molecule has 0 rings (SSSR count). The van der Waals surface area contributed by atoms with Gasteiger partial charge in [0.25, 0.3) is 0 Å². The van der Waals surface area contributed by atoms with E-state index in [1.165, 1.54) is 0 Å². The molecule has 0 heterocycles. The molecule has 0 bridgehead atoms. The maximum absolute atomic E-state index is 10.6. The van der Waals surface area contributed by atoms with Crippen molar-refractivity contribution >= 4 is 23.9 Å². The molecule has 0 spiro atoms. The summed E-state index contributed by atoms with van der Waals surface area (Å²) in [5.41, 5.74) is 0. The molecule has 14 heteroatoms. The van der Waals surface area contributed by atoms with Crippen molar-refractivity contribution < 1.29 is 130 Å². The third-order valence-corrected chi connectivity index (χ3v) is 2.17. The molecule has 0 saturated heterocycles. The van der Waals surface area contributed by atoms with Crippen LogP contribution in [0, 0.1) is 0 Å². The smallest absolute Gasteiger partial charge is 1.00 e. The normalized spacial score (nSPS) is 8.92. The summed E-state index contributed by atoms with van der Waals surface area (Å²) in [5.74, 6) is -4.91. The van der Waals surface area contributed by atoms with Crippen molar-refractivity contribution in [3.63, 3.8) is 0 Å². The fourth-order valence-electron chi connectivity index (χ4n) is 1.48. The zero-order valence-corrected chi connectivity index (χ0v) is 18.4. The van der Waals surface area contributed by atoms with E-state index in [1.807, 2.05) is 0 Å². The maximum Gasteiger partial charge on any atom is 1.00 e. The average Bonchev–Trinajstić information content (AvgIpc) is 2.22. The van der Waals surface area contributed by atoms with Crippen LogP contribution in [0.4, 0.5) is 0 Å². The molecular formula is C10H16F2KN2NaO8. The summed E-state index contributed by atoms with van der Waals surface area (Å²) in [6.07, 6.45) is 0. The van der Waals surface area contributed by atoms with E-state index in [9.17, 15) is 19.2 Å². The number of halogens is 2. The number of carbonyl (C=O) groups is 4. The third-order valence-electron chi connectivity index (χ3n) is 2.17. The van der Waals surface area contributed by atoms with E-state index in [-0.39, 0.29) is 103 Å². The largest absolute Gasteiger partial charge is 1.00 e. The van der Waals surface area contributed by atoms with E-state index in [2.05, 4.69) is 0 Å². The Morgan fingerprint density at radius 1 is 0.583 bits per heavy atom. The Labute approximate surface area is 200 Å². The Morgan fingerprint density at radius 3 is 0.875 bits per heavy atom. The zero-order valence-electron chi connectivity index (χ0n) is 13.3. The number of nitrogens with zero attached hydrogens (tertiary/aromatic N) is 2. The molecule has 0 fully saturated rings. The van der Waals surface area contributed by atoms with Crippen LogP contribution in [0.25, 0.3) is 0 Å². The van der Waals surface area contributed by atoms with Crippen LogP contribution in [0.15, 0.2) is 0 Å². The molecule has 0 aliphatic heterocycles. The topological polar surface area (TPSA) is 156 Å². The van der Waals surface area contributed by atoms with E-state index in [4.69, 9.17) is 20.4 Å². The van der Waals surface area contributed by atoms with Crippen molar-refractivity contribution in [3.8, 4) is 0 Å². The van der Waals surface area contributed by atoms with Gasteiger partial charge in [-0.25, -0.2) is 0 Å². The molecule has 0 aromatic heterocycles. The predicted octanol–water partition coefficient (Wildman–Crippen LogP) is -14.1. The van der Waals surface area contributed by atoms with Crippen molar-refractivity contribution in [3.05, 3.63) is 0 Å². The molecule has 24 heavy (non-hydrogen) atoms. The van der Waals surface area contributed by atoms with Gasteiger partial charge in [0.05, 0.1) is 26.2 Å². The van der Waals surface area contributed by atoms with Crippen molar-refractivity contribution in [1.29, 1.82) is 0 Å². The standard InChI is InChI=1S/C10H16N2O8.2FH.K.Na/c13-7(14)3-11(4-8(15)16)1-2-12(5-9(17)18)6-10(19)20;;;;/h1-6H2,(H,13,14)(H,15,16)(H,17,18)(H,19,20);2*1H;;/q;;;2*+1/p-2. The Kier molecular flexibility index (Phi) is 28.9. The van der Waals surface area contributed by atoms with Crippen LogP contribution in [0.2, 0.25) is 0 Å². The molecular weight excluding hydrogens is 376 g/mol. The summed E-state index contributed by atoms with van der Waals surface area (Å²) in [4.78, 5) is 44.4. The predicted molar refractivity (Wildman–Crippen MR) is 63.4 cm³/mol. The monoisotopic (exact) mass is 392 g/mol. The van der Waals surface area contributed by atoms with Gasteiger partial charge in [0.15, 0.2) is 0 Å². The van der Waals surface area contributed by atoms with Crippen LogP contribution in [0.5, 0.6) is 0 Å². The minimum Gasteiger partial charge on any atom is -1.00 e. The van der Waals surface area contributed by atoms with Crippen molar-refractivity contribution in [2.24, 2.45) is 0 Å². The summed E-state index contributed by atoms with van der Waals surface area (Å²) >= 11 is 0. The van der Waals surface area contributed by atoms with Gasteiger partial charge >= 0.3 is 105 Å². The summed E-state index contributed by atoms with van der Waals surface area (Å²) in [5, 5.41) is 34.5. The molecule has 130 valence electrons. The number of rotatable bonds is 11. The molecule has 0 aliphatic carbocycles. The first-order valence-electron chi connectivity index (χ1n) is 5.52. The van der Waals surface area contributed by atoms with Crippen LogP contribution in [-0.2, 0) is 19.2 Å². The first-order valence-corrected chi connectivity index (χ1v) is 5.52. The molecule has 4 N–H and O–H groups in total. The average molecular weight is 392 g/mol. The molecule has 0 radical (unpaired) electrons. The quantitative estimate of drug-likeness (QED) is 0.249. The van der Waals surface area contributed by atoms with E-state index in [0.29, 0.717) is 0 Å². The van der Waals surface area contributed by atoms with E-state index < -0.39 is 50.1 Å². The number of hydrogen-bond acceptors (Lipinski definition) is 6. The fraction of sp³-hybridized carbons (Fsp3) is 0.600. The number of hydrogen-bond donors (Lipinski definition) is 4. The second-order valence-electron chi connectivity index (χ2n) is 4.00. The molecule has 0 aromatic rings. The van der Waals surface area contributed by atoms with Gasteiger partial charge in [-0.3, -0.25) is 29.0 Å². The Bertz CT molecular complexity index is 337.